The fourth-order valence-corrected chi connectivity index (χ4v) is 5.22. The summed E-state index contributed by atoms with van der Waals surface area (Å²) in [5, 5.41) is 0. The number of rotatable bonds is 2. The van der Waals surface area contributed by atoms with Crippen molar-refractivity contribution in [2.75, 3.05) is 0 Å². The number of hydrogen-bond donors (Lipinski definition) is 0. The molecule has 130 valence electrons. The van der Waals surface area contributed by atoms with Crippen molar-refractivity contribution in [3.63, 3.8) is 0 Å². The topological polar surface area (TPSA) is 17.1 Å². The van der Waals surface area contributed by atoms with Crippen LogP contribution in [0.25, 0.3) is 11.1 Å². The lowest BCUT2D eigenvalue weighted by Crippen LogP contribution is -2.35. The van der Waals surface area contributed by atoms with E-state index in [1.807, 2.05) is 0 Å². The van der Waals surface area contributed by atoms with Crippen LogP contribution in [0.15, 0.2) is 36.4 Å². The minimum atomic E-state index is -0.197. The molecule has 0 spiro atoms. The van der Waals surface area contributed by atoms with E-state index in [1.165, 1.54) is 54.4 Å². The Labute approximate surface area is 151 Å². The summed E-state index contributed by atoms with van der Waals surface area (Å²) in [6, 6.07) is 13.1. The molecule has 0 N–H and O–H groups in total. The van der Waals surface area contributed by atoms with E-state index in [-0.39, 0.29) is 5.41 Å². The van der Waals surface area contributed by atoms with E-state index in [0.29, 0.717) is 11.7 Å². The number of aryl methyl sites for hydroxylation is 2. The summed E-state index contributed by atoms with van der Waals surface area (Å²) in [6.07, 6.45) is 7.26. The summed E-state index contributed by atoms with van der Waals surface area (Å²) in [6.45, 7) is 6.50. The molecule has 1 nitrogen and oxygen atoms in total. The smallest absolute Gasteiger partial charge is 0.170 e. The van der Waals surface area contributed by atoms with Gasteiger partial charge in [-0.05, 0) is 55.7 Å². The van der Waals surface area contributed by atoms with Crippen LogP contribution in [-0.4, -0.2) is 5.78 Å². The predicted molar refractivity (Wildman–Crippen MR) is 104 cm³/mol. The second kappa shape index (κ2) is 6.12. The predicted octanol–water partition coefficient (Wildman–Crippen LogP) is 6.30. The van der Waals surface area contributed by atoms with Crippen LogP contribution in [0, 0.1) is 25.2 Å². The highest BCUT2D eigenvalue weighted by atomic mass is 16.1. The van der Waals surface area contributed by atoms with Crippen LogP contribution < -0.4 is 0 Å². The van der Waals surface area contributed by atoms with Crippen molar-refractivity contribution in [3.8, 4) is 11.1 Å². The zero-order valence-electron chi connectivity index (χ0n) is 15.7. The largest absolute Gasteiger partial charge is 0.294 e. The first kappa shape index (κ1) is 16.6. The molecule has 2 aliphatic rings. The lowest BCUT2D eigenvalue weighted by Gasteiger charge is -2.35. The number of carbonyl (C=O) groups excluding carboxylic acids is 1. The second-order valence-corrected chi connectivity index (χ2v) is 8.47. The van der Waals surface area contributed by atoms with Gasteiger partial charge < -0.3 is 0 Å². The molecule has 1 fully saturated rings. The highest BCUT2D eigenvalue weighted by Crippen LogP contribution is 2.49. The third-order valence-corrected chi connectivity index (χ3v) is 6.49. The fraction of sp³-hybridized carbons (Fsp3) is 0.458. The molecule has 0 saturated heterocycles. The molecule has 0 aliphatic heterocycles. The van der Waals surface area contributed by atoms with E-state index < -0.39 is 0 Å². The average Bonchev–Trinajstić information content (AvgIpc) is 2.87. The lowest BCUT2D eigenvalue weighted by molar-refractivity contribution is 0.0684. The molecule has 0 radical (unpaired) electrons. The van der Waals surface area contributed by atoms with Crippen molar-refractivity contribution >= 4 is 5.78 Å². The summed E-state index contributed by atoms with van der Waals surface area (Å²) in [7, 11) is 0. The number of benzene rings is 2. The molecule has 0 bridgehead atoms. The molecule has 2 aromatic rings. The molecule has 1 heteroatoms. The molecule has 1 unspecified atom stereocenters. The van der Waals surface area contributed by atoms with Gasteiger partial charge in [0, 0.05) is 11.0 Å². The number of hydrogen-bond acceptors (Lipinski definition) is 1. The Morgan fingerprint density at radius 1 is 0.960 bits per heavy atom. The molecule has 0 amide bonds. The quantitative estimate of drug-likeness (QED) is 0.631. The molecular formula is C24H28O. The molecule has 1 saturated carbocycles. The van der Waals surface area contributed by atoms with Crippen LogP contribution >= 0.6 is 0 Å². The van der Waals surface area contributed by atoms with Gasteiger partial charge in [-0.25, -0.2) is 0 Å². The van der Waals surface area contributed by atoms with Crippen molar-refractivity contribution in [3.05, 3.63) is 58.7 Å². The summed E-state index contributed by atoms with van der Waals surface area (Å²) in [4.78, 5) is 13.6. The number of carbonyl (C=O) groups is 1. The van der Waals surface area contributed by atoms with E-state index in [0.717, 1.165) is 17.5 Å². The third kappa shape index (κ3) is 2.74. The lowest BCUT2D eigenvalue weighted by atomic mass is 9.67. The van der Waals surface area contributed by atoms with Gasteiger partial charge >= 0.3 is 0 Å². The van der Waals surface area contributed by atoms with Gasteiger partial charge in [-0.3, -0.25) is 4.79 Å². The second-order valence-electron chi connectivity index (χ2n) is 8.47. The standard InChI is InChI=1S/C24H28O/c1-16-12-17(2)14-19(13-16)21-11-7-8-18-15-24(3,23(25)22(18)21)20-9-5-4-6-10-20/h7-8,11-14,20H,4-6,9-10,15H2,1-3H3. The SMILES string of the molecule is Cc1cc(C)cc(-c2cccc3c2C(=O)C(C)(C2CCCCC2)C3)c1. The zero-order valence-corrected chi connectivity index (χ0v) is 15.7. The molecule has 0 aromatic heterocycles. The van der Waals surface area contributed by atoms with Gasteiger partial charge in [0.15, 0.2) is 5.78 Å². The summed E-state index contributed by atoms with van der Waals surface area (Å²) < 4.78 is 0. The van der Waals surface area contributed by atoms with Gasteiger partial charge in [0.2, 0.25) is 0 Å². The minimum Gasteiger partial charge on any atom is -0.294 e. The summed E-state index contributed by atoms with van der Waals surface area (Å²) in [5.74, 6) is 0.942. The Hall–Kier alpha value is -1.89. The van der Waals surface area contributed by atoms with Crippen molar-refractivity contribution in [1.29, 1.82) is 0 Å². The molecule has 0 heterocycles. The van der Waals surface area contributed by atoms with Crippen molar-refractivity contribution in [2.45, 2.75) is 59.3 Å². The van der Waals surface area contributed by atoms with E-state index in [1.54, 1.807) is 0 Å². The Morgan fingerprint density at radius 3 is 2.32 bits per heavy atom. The maximum Gasteiger partial charge on any atom is 0.170 e. The Bertz CT molecular complexity index is 806. The molecular weight excluding hydrogens is 304 g/mol. The Balaban J connectivity index is 1.79. The van der Waals surface area contributed by atoms with E-state index in [9.17, 15) is 4.79 Å². The van der Waals surface area contributed by atoms with Crippen LogP contribution in [0.3, 0.4) is 0 Å². The van der Waals surface area contributed by atoms with Crippen molar-refractivity contribution in [1.82, 2.24) is 0 Å². The Morgan fingerprint density at radius 2 is 1.64 bits per heavy atom. The van der Waals surface area contributed by atoms with Crippen LogP contribution in [0.2, 0.25) is 0 Å². The van der Waals surface area contributed by atoms with Crippen LogP contribution in [0.1, 0.15) is 66.1 Å². The normalized spacial score (nSPS) is 23.7. The first-order chi connectivity index (χ1) is 12.0. The van der Waals surface area contributed by atoms with Crippen LogP contribution in [0.5, 0.6) is 0 Å². The third-order valence-electron chi connectivity index (χ3n) is 6.49. The molecule has 4 rings (SSSR count). The van der Waals surface area contributed by atoms with E-state index >= 15 is 0 Å². The minimum absolute atomic E-state index is 0.197. The van der Waals surface area contributed by atoms with Gasteiger partial charge in [-0.2, -0.15) is 0 Å². The molecule has 1 atom stereocenters. The first-order valence-corrected chi connectivity index (χ1v) is 9.74. The summed E-state index contributed by atoms with van der Waals surface area (Å²) in [5.41, 5.74) is 6.90. The zero-order chi connectivity index (χ0) is 17.6. The number of Topliss-reactive ketones (excluding diaryl/α,β-unsaturated/α-hetero) is 1. The van der Waals surface area contributed by atoms with Gasteiger partial charge in [0.25, 0.3) is 0 Å². The maximum atomic E-state index is 13.6. The van der Waals surface area contributed by atoms with E-state index in [2.05, 4.69) is 57.2 Å². The maximum absolute atomic E-state index is 13.6. The summed E-state index contributed by atoms with van der Waals surface area (Å²) >= 11 is 0. The highest BCUT2D eigenvalue weighted by molar-refractivity contribution is 6.09. The monoisotopic (exact) mass is 332 g/mol. The molecule has 2 aromatic carbocycles. The first-order valence-electron chi connectivity index (χ1n) is 9.74. The van der Waals surface area contributed by atoms with Gasteiger partial charge in [-0.15, -0.1) is 0 Å². The van der Waals surface area contributed by atoms with Gasteiger partial charge in [0.1, 0.15) is 0 Å². The highest BCUT2D eigenvalue weighted by Gasteiger charge is 2.47. The van der Waals surface area contributed by atoms with Crippen LogP contribution in [-0.2, 0) is 6.42 Å². The fourth-order valence-electron chi connectivity index (χ4n) is 5.22. The average molecular weight is 332 g/mol. The number of ketones is 1. The van der Waals surface area contributed by atoms with Crippen molar-refractivity contribution < 1.29 is 4.79 Å². The Kier molecular flexibility index (Phi) is 4.06. The molecule has 2 aliphatic carbocycles. The van der Waals surface area contributed by atoms with Crippen LogP contribution in [0.4, 0.5) is 0 Å². The number of fused-ring (bicyclic) bond motifs is 1. The van der Waals surface area contributed by atoms with E-state index in [4.69, 9.17) is 0 Å². The molecule has 25 heavy (non-hydrogen) atoms. The van der Waals surface area contributed by atoms with Gasteiger partial charge in [0.05, 0.1) is 0 Å². The van der Waals surface area contributed by atoms with Crippen molar-refractivity contribution in [2.24, 2.45) is 11.3 Å². The van der Waals surface area contributed by atoms with Gasteiger partial charge in [-0.1, -0.05) is 73.7 Å².